The monoisotopic (exact) mass is 285 g/mol. The van der Waals surface area contributed by atoms with Crippen LogP contribution in [0.2, 0.25) is 0 Å². The Hall–Kier alpha value is -1.36. The van der Waals surface area contributed by atoms with E-state index in [4.69, 9.17) is 5.73 Å². The number of halogens is 3. The molecule has 1 saturated carbocycles. The minimum Gasteiger partial charge on any atom is -0.327 e. The van der Waals surface area contributed by atoms with Gasteiger partial charge in [-0.3, -0.25) is 4.79 Å². The van der Waals surface area contributed by atoms with Gasteiger partial charge in [-0.05, 0) is 30.5 Å². The highest BCUT2D eigenvalue weighted by Gasteiger charge is 2.42. The van der Waals surface area contributed by atoms with Crippen LogP contribution >= 0.6 is 0 Å². The molecule has 1 aromatic rings. The zero-order chi connectivity index (χ0) is 15.0. The van der Waals surface area contributed by atoms with Crippen molar-refractivity contribution in [2.75, 3.05) is 0 Å². The van der Waals surface area contributed by atoms with Crippen molar-refractivity contribution in [3.8, 4) is 0 Å². The van der Waals surface area contributed by atoms with Crippen LogP contribution in [-0.2, 0) is 17.4 Å². The van der Waals surface area contributed by atoms with E-state index in [1.165, 1.54) is 12.1 Å². The van der Waals surface area contributed by atoms with Crippen LogP contribution in [0.3, 0.4) is 0 Å². The van der Waals surface area contributed by atoms with Gasteiger partial charge in [-0.1, -0.05) is 25.5 Å². The second-order valence-corrected chi connectivity index (χ2v) is 5.71. The fraction of sp³-hybridized carbons (Fsp3) is 0.533. The number of nitrogens with two attached hydrogens (primary N) is 1. The average Bonchev–Trinajstić information content (AvgIpc) is 2.70. The Bertz CT molecular complexity index is 495. The van der Waals surface area contributed by atoms with E-state index in [1.54, 1.807) is 0 Å². The second kappa shape index (κ2) is 5.20. The predicted molar refractivity (Wildman–Crippen MR) is 70.1 cm³/mol. The summed E-state index contributed by atoms with van der Waals surface area (Å²) in [6, 6.07) is 4.61. The number of Topliss-reactive ketones (excluding diaryl/α,β-unsaturated/α-hetero) is 1. The number of carbonyl (C=O) groups is 1. The molecule has 2 N–H and O–H groups in total. The summed E-state index contributed by atoms with van der Waals surface area (Å²) in [4.78, 5) is 12.3. The first kappa shape index (κ1) is 15.0. The summed E-state index contributed by atoms with van der Waals surface area (Å²) in [6.07, 6.45) is -1.69. The largest absolute Gasteiger partial charge is 0.416 e. The number of alkyl halides is 3. The molecule has 5 heteroatoms. The lowest BCUT2D eigenvalue weighted by molar-refractivity contribution is -0.137. The first-order valence-electron chi connectivity index (χ1n) is 6.68. The number of hydrogen-bond donors (Lipinski definition) is 1. The summed E-state index contributed by atoms with van der Waals surface area (Å²) < 4.78 is 37.4. The van der Waals surface area contributed by atoms with Crippen LogP contribution in [0.4, 0.5) is 13.2 Å². The molecule has 2 nitrogen and oxygen atoms in total. The van der Waals surface area contributed by atoms with Crippen molar-refractivity contribution in [3.63, 3.8) is 0 Å². The van der Waals surface area contributed by atoms with Gasteiger partial charge in [0, 0.05) is 17.9 Å². The third kappa shape index (κ3) is 2.87. The Balaban J connectivity index is 2.09. The third-order valence-electron chi connectivity index (χ3n) is 4.31. The van der Waals surface area contributed by atoms with Crippen LogP contribution in [0, 0.1) is 5.41 Å². The molecule has 1 fully saturated rings. The van der Waals surface area contributed by atoms with E-state index in [9.17, 15) is 18.0 Å². The first-order chi connectivity index (χ1) is 9.23. The fourth-order valence-electron chi connectivity index (χ4n) is 2.74. The van der Waals surface area contributed by atoms with Crippen LogP contribution in [-0.4, -0.2) is 11.8 Å². The van der Waals surface area contributed by atoms with E-state index < -0.39 is 17.2 Å². The van der Waals surface area contributed by atoms with Crippen LogP contribution in [0.15, 0.2) is 24.3 Å². The summed E-state index contributed by atoms with van der Waals surface area (Å²) in [5.74, 6) is 0.0160. The minimum atomic E-state index is -4.34. The molecule has 2 rings (SSSR count). The molecule has 0 saturated heterocycles. The average molecular weight is 285 g/mol. The lowest BCUT2D eigenvalue weighted by Crippen LogP contribution is -2.41. The molecule has 1 aliphatic rings. The van der Waals surface area contributed by atoms with Gasteiger partial charge >= 0.3 is 6.18 Å². The summed E-state index contributed by atoms with van der Waals surface area (Å²) >= 11 is 0. The van der Waals surface area contributed by atoms with Crippen LogP contribution < -0.4 is 5.73 Å². The number of rotatable bonds is 3. The summed E-state index contributed by atoms with van der Waals surface area (Å²) in [5, 5.41) is 0. The summed E-state index contributed by atoms with van der Waals surface area (Å²) in [5.41, 5.74) is 5.34. The van der Waals surface area contributed by atoms with Crippen molar-refractivity contribution in [3.05, 3.63) is 35.4 Å². The van der Waals surface area contributed by atoms with Crippen molar-refractivity contribution in [2.45, 2.75) is 44.8 Å². The van der Waals surface area contributed by atoms with Crippen molar-refractivity contribution in [2.24, 2.45) is 11.1 Å². The van der Waals surface area contributed by atoms with Gasteiger partial charge in [-0.25, -0.2) is 0 Å². The molecule has 0 aromatic heterocycles. The van der Waals surface area contributed by atoms with Crippen molar-refractivity contribution in [1.29, 1.82) is 0 Å². The third-order valence-corrected chi connectivity index (χ3v) is 4.31. The molecule has 0 aliphatic heterocycles. The molecule has 1 aromatic carbocycles. The molecule has 0 bridgehead atoms. The maximum absolute atomic E-state index is 12.5. The molecule has 0 radical (unpaired) electrons. The molecule has 0 amide bonds. The number of hydrogen-bond acceptors (Lipinski definition) is 2. The molecule has 2 atom stereocenters. The highest BCUT2D eigenvalue weighted by Crippen LogP contribution is 2.38. The van der Waals surface area contributed by atoms with Gasteiger partial charge in [-0.2, -0.15) is 13.2 Å². The Labute approximate surface area is 116 Å². The van der Waals surface area contributed by atoms with Gasteiger partial charge in [-0.15, -0.1) is 0 Å². The Morgan fingerprint density at radius 2 is 1.95 bits per heavy atom. The van der Waals surface area contributed by atoms with E-state index in [2.05, 4.69) is 0 Å². The van der Waals surface area contributed by atoms with Gasteiger partial charge in [0.1, 0.15) is 5.78 Å². The van der Waals surface area contributed by atoms with Gasteiger partial charge < -0.3 is 5.73 Å². The molecule has 110 valence electrons. The smallest absolute Gasteiger partial charge is 0.327 e. The standard InChI is InChI=1S/C15H18F3NO/c1-14(8-2-3-12(14)19)13(20)9-10-4-6-11(7-5-10)15(16,17)18/h4-7,12H,2-3,8-9,19H2,1H3. The molecule has 1 aliphatic carbocycles. The van der Waals surface area contributed by atoms with Crippen molar-refractivity contribution >= 4 is 5.78 Å². The molecule has 0 spiro atoms. The first-order valence-corrected chi connectivity index (χ1v) is 6.68. The SMILES string of the molecule is CC1(C(=O)Cc2ccc(C(F)(F)F)cc2)CCCC1N. The number of ketones is 1. The summed E-state index contributed by atoms with van der Waals surface area (Å²) in [7, 11) is 0. The fourth-order valence-corrected chi connectivity index (χ4v) is 2.74. The predicted octanol–water partition coefficient (Wildman–Crippen LogP) is 3.33. The zero-order valence-corrected chi connectivity index (χ0v) is 11.3. The normalized spacial score (nSPS) is 26.8. The van der Waals surface area contributed by atoms with Gasteiger partial charge in [0.15, 0.2) is 0 Å². The van der Waals surface area contributed by atoms with Crippen molar-refractivity contribution in [1.82, 2.24) is 0 Å². The Morgan fingerprint density at radius 3 is 2.40 bits per heavy atom. The topological polar surface area (TPSA) is 43.1 Å². The molecular formula is C15H18F3NO. The quantitative estimate of drug-likeness (QED) is 0.925. The minimum absolute atomic E-state index is 0.0160. The number of benzene rings is 1. The van der Waals surface area contributed by atoms with E-state index in [0.717, 1.165) is 31.4 Å². The second-order valence-electron chi connectivity index (χ2n) is 5.71. The Kier molecular flexibility index (Phi) is 3.91. The molecule has 0 heterocycles. The Morgan fingerprint density at radius 1 is 1.35 bits per heavy atom. The lowest BCUT2D eigenvalue weighted by atomic mass is 9.78. The summed E-state index contributed by atoms with van der Waals surface area (Å²) in [6.45, 7) is 1.86. The number of carbonyl (C=O) groups excluding carboxylic acids is 1. The van der Waals surface area contributed by atoms with Gasteiger partial charge in [0.05, 0.1) is 5.56 Å². The molecule has 20 heavy (non-hydrogen) atoms. The van der Waals surface area contributed by atoms with E-state index in [1.807, 2.05) is 6.92 Å². The van der Waals surface area contributed by atoms with Gasteiger partial charge in [0.25, 0.3) is 0 Å². The highest BCUT2D eigenvalue weighted by atomic mass is 19.4. The van der Waals surface area contributed by atoms with E-state index in [0.29, 0.717) is 5.56 Å². The van der Waals surface area contributed by atoms with Crippen LogP contribution in [0.25, 0.3) is 0 Å². The molecular weight excluding hydrogens is 267 g/mol. The van der Waals surface area contributed by atoms with E-state index in [-0.39, 0.29) is 18.2 Å². The van der Waals surface area contributed by atoms with Crippen LogP contribution in [0.1, 0.15) is 37.3 Å². The molecule has 2 unspecified atom stereocenters. The lowest BCUT2D eigenvalue weighted by Gasteiger charge is -2.27. The highest BCUT2D eigenvalue weighted by molar-refractivity contribution is 5.87. The maximum atomic E-state index is 12.5. The van der Waals surface area contributed by atoms with Crippen molar-refractivity contribution < 1.29 is 18.0 Å². The maximum Gasteiger partial charge on any atom is 0.416 e. The van der Waals surface area contributed by atoms with E-state index >= 15 is 0 Å². The van der Waals surface area contributed by atoms with Crippen LogP contribution in [0.5, 0.6) is 0 Å². The van der Waals surface area contributed by atoms with Gasteiger partial charge in [0.2, 0.25) is 0 Å². The zero-order valence-electron chi connectivity index (χ0n) is 11.3.